The van der Waals surface area contributed by atoms with Crippen LogP contribution < -0.4 is 0 Å². The number of hydrogen-bond acceptors (Lipinski definition) is 3. The number of carbonyl (C=O) groups is 1. The van der Waals surface area contributed by atoms with E-state index in [9.17, 15) is 4.79 Å². The quantitative estimate of drug-likeness (QED) is 0.461. The Hall–Kier alpha value is -2.59. The van der Waals surface area contributed by atoms with E-state index in [1.807, 2.05) is 30.3 Å². The Kier molecular flexibility index (Phi) is 6.53. The molecule has 1 aliphatic rings. The van der Waals surface area contributed by atoms with Crippen molar-refractivity contribution in [3.8, 4) is 11.3 Å². The maximum Gasteiger partial charge on any atom is 0.223 e. The molecule has 1 fully saturated rings. The summed E-state index contributed by atoms with van der Waals surface area (Å²) in [6, 6.07) is 18.3. The number of aryl methyl sites for hydroxylation is 1. The maximum atomic E-state index is 13.0. The van der Waals surface area contributed by atoms with Crippen LogP contribution in [0.5, 0.6) is 0 Å². The van der Waals surface area contributed by atoms with Crippen LogP contribution in [0.15, 0.2) is 65.2 Å². The predicted octanol–water partition coefficient (Wildman–Crippen LogP) is 6.11. The average molecular weight is 423 g/mol. The third kappa shape index (κ3) is 4.59. The van der Waals surface area contributed by atoms with Gasteiger partial charge in [0, 0.05) is 41.9 Å². The molecular weight excluding hydrogens is 396 g/mol. The van der Waals surface area contributed by atoms with Gasteiger partial charge in [-0.1, -0.05) is 48.9 Å². The number of benzene rings is 2. The third-order valence-electron chi connectivity index (χ3n) is 5.99. The number of nitrogens with zero attached hydrogens (tertiary/aromatic N) is 2. The van der Waals surface area contributed by atoms with Crippen molar-refractivity contribution in [3.05, 3.63) is 77.3 Å². The average Bonchev–Trinajstić information content (AvgIpc) is 3.44. The molecule has 0 N–H and O–H groups in total. The van der Waals surface area contributed by atoms with Gasteiger partial charge in [-0.3, -0.25) is 4.79 Å². The smallest absolute Gasteiger partial charge is 0.223 e. The minimum atomic E-state index is 0.193. The van der Waals surface area contributed by atoms with Crippen molar-refractivity contribution in [3.63, 3.8) is 0 Å². The lowest BCUT2D eigenvalue weighted by atomic mass is 9.87. The Balaban J connectivity index is 1.39. The van der Waals surface area contributed by atoms with Gasteiger partial charge in [0.2, 0.25) is 5.91 Å². The summed E-state index contributed by atoms with van der Waals surface area (Å²) < 4.78 is 5.86. The molecule has 3 aromatic rings. The number of oxazole rings is 1. The normalized spacial score (nSPS) is 17.3. The minimum absolute atomic E-state index is 0.193. The fraction of sp³-hybridized carbons (Fsp3) is 0.360. The van der Waals surface area contributed by atoms with Crippen LogP contribution >= 0.6 is 11.6 Å². The zero-order valence-electron chi connectivity index (χ0n) is 17.3. The molecule has 2 atom stereocenters. The lowest BCUT2D eigenvalue weighted by molar-refractivity contribution is -0.132. The van der Waals surface area contributed by atoms with Gasteiger partial charge in [-0.15, -0.1) is 0 Å². The van der Waals surface area contributed by atoms with Crippen molar-refractivity contribution < 1.29 is 9.21 Å². The number of carbonyl (C=O) groups excluding carboxylic acids is 1. The standard InChI is InChI=1S/C25H27ClN2O2/c1-2-21(18-7-4-3-5-8-18)22-9-6-16-28(22)25(29)15-14-24-27-17-23(30-24)19-10-12-20(26)13-11-19/h3-5,7-8,10-13,17,21-22H,2,6,9,14-16H2,1H3. The zero-order valence-corrected chi connectivity index (χ0v) is 18.0. The van der Waals surface area contributed by atoms with E-state index in [0.717, 1.165) is 31.4 Å². The van der Waals surface area contributed by atoms with Crippen LogP contribution in [0.1, 0.15) is 50.0 Å². The van der Waals surface area contributed by atoms with Crippen LogP contribution in [0.25, 0.3) is 11.3 Å². The first-order chi connectivity index (χ1) is 14.7. The Labute approximate surface area is 182 Å². The summed E-state index contributed by atoms with van der Waals surface area (Å²) in [6.45, 7) is 3.05. The molecule has 5 heteroatoms. The molecular formula is C25H27ClN2O2. The van der Waals surface area contributed by atoms with Crippen molar-refractivity contribution in [2.24, 2.45) is 0 Å². The van der Waals surface area contributed by atoms with Crippen LogP contribution in [-0.4, -0.2) is 28.4 Å². The van der Waals surface area contributed by atoms with Crippen molar-refractivity contribution in [1.29, 1.82) is 0 Å². The summed E-state index contributed by atoms with van der Waals surface area (Å²) >= 11 is 5.95. The molecule has 0 saturated carbocycles. The maximum absolute atomic E-state index is 13.0. The summed E-state index contributed by atoms with van der Waals surface area (Å²) in [5.41, 5.74) is 2.25. The molecule has 1 aromatic heterocycles. The van der Waals surface area contributed by atoms with Crippen LogP contribution in [-0.2, 0) is 11.2 Å². The van der Waals surface area contributed by atoms with E-state index in [1.54, 1.807) is 6.20 Å². The fourth-order valence-electron chi connectivity index (χ4n) is 4.48. The second-order valence-electron chi connectivity index (χ2n) is 7.85. The van der Waals surface area contributed by atoms with Gasteiger partial charge in [0.15, 0.2) is 11.7 Å². The van der Waals surface area contributed by atoms with Gasteiger partial charge in [0.25, 0.3) is 0 Å². The van der Waals surface area contributed by atoms with Gasteiger partial charge in [-0.25, -0.2) is 4.98 Å². The summed E-state index contributed by atoms with van der Waals surface area (Å²) in [7, 11) is 0. The summed E-state index contributed by atoms with van der Waals surface area (Å²) in [5.74, 6) is 1.87. The molecule has 0 aliphatic carbocycles. The number of aromatic nitrogens is 1. The van der Waals surface area contributed by atoms with Gasteiger partial charge >= 0.3 is 0 Å². The highest BCUT2D eigenvalue weighted by molar-refractivity contribution is 6.30. The molecule has 156 valence electrons. The lowest BCUT2D eigenvalue weighted by Crippen LogP contribution is -2.39. The second kappa shape index (κ2) is 9.48. The number of amides is 1. The highest BCUT2D eigenvalue weighted by atomic mass is 35.5. The van der Waals surface area contributed by atoms with Crippen LogP contribution in [0.2, 0.25) is 5.02 Å². The first-order valence-corrected chi connectivity index (χ1v) is 11.1. The predicted molar refractivity (Wildman–Crippen MR) is 119 cm³/mol. The van der Waals surface area contributed by atoms with E-state index in [0.29, 0.717) is 35.4 Å². The van der Waals surface area contributed by atoms with E-state index < -0.39 is 0 Å². The van der Waals surface area contributed by atoms with E-state index in [4.69, 9.17) is 16.0 Å². The first-order valence-electron chi connectivity index (χ1n) is 10.7. The second-order valence-corrected chi connectivity index (χ2v) is 8.28. The molecule has 2 heterocycles. The number of halogens is 1. The van der Waals surface area contributed by atoms with E-state index in [-0.39, 0.29) is 11.9 Å². The van der Waals surface area contributed by atoms with Gasteiger partial charge in [-0.2, -0.15) is 0 Å². The van der Waals surface area contributed by atoms with Gasteiger partial charge in [-0.05, 0) is 49.1 Å². The molecule has 2 unspecified atom stereocenters. The highest BCUT2D eigenvalue weighted by Crippen LogP contribution is 2.34. The molecule has 0 spiro atoms. The molecule has 2 aromatic carbocycles. The van der Waals surface area contributed by atoms with Crippen molar-refractivity contribution in [2.45, 2.75) is 51.0 Å². The topological polar surface area (TPSA) is 46.3 Å². The summed E-state index contributed by atoms with van der Waals surface area (Å²) in [4.78, 5) is 19.5. The van der Waals surface area contributed by atoms with E-state index in [2.05, 4.69) is 41.1 Å². The molecule has 30 heavy (non-hydrogen) atoms. The van der Waals surface area contributed by atoms with Crippen molar-refractivity contribution in [2.75, 3.05) is 6.54 Å². The SMILES string of the molecule is CCC(c1ccccc1)C1CCCN1C(=O)CCc1ncc(-c2ccc(Cl)cc2)o1. The molecule has 0 bridgehead atoms. The monoisotopic (exact) mass is 422 g/mol. The third-order valence-corrected chi connectivity index (χ3v) is 6.24. The zero-order chi connectivity index (χ0) is 20.9. The van der Waals surface area contributed by atoms with E-state index in [1.165, 1.54) is 5.56 Å². The Bertz CT molecular complexity index is 968. The number of hydrogen-bond donors (Lipinski definition) is 0. The van der Waals surface area contributed by atoms with Gasteiger partial charge in [0.05, 0.1) is 6.20 Å². The highest BCUT2D eigenvalue weighted by Gasteiger charge is 2.34. The van der Waals surface area contributed by atoms with Crippen molar-refractivity contribution >= 4 is 17.5 Å². The molecule has 1 saturated heterocycles. The Morgan fingerprint density at radius 2 is 1.97 bits per heavy atom. The van der Waals surface area contributed by atoms with Gasteiger partial charge in [0.1, 0.15) is 0 Å². The first kappa shape index (κ1) is 20.7. The van der Waals surface area contributed by atoms with Crippen LogP contribution in [0, 0.1) is 0 Å². The molecule has 1 amide bonds. The number of rotatable bonds is 7. The van der Waals surface area contributed by atoms with Crippen molar-refractivity contribution in [1.82, 2.24) is 9.88 Å². The van der Waals surface area contributed by atoms with Gasteiger partial charge < -0.3 is 9.32 Å². The molecule has 4 nitrogen and oxygen atoms in total. The Morgan fingerprint density at radius 3 is 2.70 bits per heavy atom. The minimum Gasteiger partial charge on any atom is -0.441 e. The molecule has 0 radical (unpaired) electrons. The van der Waals surface area contributed by atoms with E-state index >= 15 is 0 Å². The lowest BCUT2D eigenvalue weighted by Gasteiger charge is -2.31. The largest absolute Gasteiger partial charge is 0.441 e. The fourth-order valence-corrected chi connectivity index (χ4v) is 4.61. The van der Waals surface area contributed by atoms with Crippen LogP contribution in [0.4, 0.5) is 0 Å². The summed E-state index contributed by atoms with van der Waals surface area (Å²) in [6.07, 6.45) is 5.81. The molecule has 4 rings (SSSR count). The Morgan fingerprint density at radius 1 is 1.20 bits per heavy atom. The summed E-state index contributed by atoms with van der Waals surface area (Å²) in [5, 5.41) is 0.685. The van der Waals surface area contributed by atoms with Crippen LogP contribution in [0.3, 0.4) is 0 Å². The number of likely N-dealkylation sites (tertiary alicyclic amines) is 1. The molecule has 1 aliphatic heterocycles.